The van der Waals surface area contributed by atoms with Crippen molar-refractivity contribution in [2.45, 2.75) is 39.5 Å². The predicted octanol–water partition coefficient (Wildman–Crippen LogP) is 2.14. The van der Waals surface area contributed by atoms with E-state index in [2.05, 4.69) is 47.0 Å². The SMILES string of the molecule is CC1=NNC(=O)C1C(c1ccc(C(C)C)cc1)C1C(=O)NN=C1C. The molecule has 0 bridgehead atoms. The van der Waals surface area contributed by atoms with E-state index in [-0.39, 0.29) is 17.7 Å². The lowest BCUT2D eigenvalue weighted by molar-refractivity contribution is -0.124. The van der Waals surface area contributed by atoms with E-state index in [4.69, 9.17) is 0 Å². The molecule has 24 heavy (non-hydrogen) atoms. The van der Waals surface area contributed by atoms with Crippen LogP contribution in [0.3, 0.4) is 0 Å². The zero-order valence-corrected chi connectivity index (χ0v) is 14.3. The molecule has 2 aliphatic heterocycles. The molecule has 6 nitrogen and oxygen atoms in total. The molecule has 0 saturated heterocycles. The first-order valence-electron chi connectivity index (χ1n) is 8.18. The van der Waals surface area contributed by atoms with E-state index in [1.54, 1.807) is 0 Å². The maximum absolute atomic E-state index is 12.3. The van der Waals surface area contributed by atoms with Gasteiger partial charge in [-0.25, -0.2) is 10.9 Å². The highest BCUT2D eigenvalue weighted by atomic mass is 16.2. The van der Waals surface area contributed by atoms with E-state index in [0.717, 1.165) is 5.56 Å². The molecule has 2 heterocycles. The molecule has 2 N–H and O–H groups in total. The highest BCUT2D eigenvalue weighted by Crippen LogP contribution is 2.38. The molecule has 0 aliphatic carbocycles. The number of hydrogen-bond acceptors (Lipinski definition) is 4. The van der Waals surface area contributed by atoms with Crippen LogP contribution in [-0.2, 0) is 9.59 Å². The molecule has 2 aliphatic rings. The van der Waals surface area contributed by atoms with Gasteiger partial charge in [-0.05, 0) is 30.9 Å². The topological polar surface area (TPSA) is 82.9 Å². The lowest BCUT2D eigenvalue weighted by Gasteiger charge is -2.27. The summed E-state index contributed by atoms with van der Waals surface area (Å²) in [6.45, 7) is 7.90. The summed E-state index contributed by atoms with van der Waals surface area (Å²) in [6.07, 6.45) is 0. The van der Waals surface area contributed by atoms with Gasteiger partial charge in [0.15, 0.2) is 0 Å². The molecule has 2 atom stereocenters. The fraction of sp³-hybridized carbons (Fsp3) is 0.444. The molecule has 0 radical (unpaired) electrons. The third-order valence-corrected chi connectivity index (χ3v) is 4.86. The normalized spacial score (nSPS) is 24.5. The third kappa shape index (κ3) is 2.72. The summed E-state index contributed by atoms with van der Waals surface area (Å²) in [7, 11) is 0. The van der Waals surface area contributed by atoms with Crippen molar-refractivity contribution >= 4 is 23.2 Å². The first-order chi connectivity index (χ1) is 11.4. The van der Waals surface area contributed by atoms with Crippen molar-refractivity contribution in [1.82, 2.24) is 10.9 Å². The summed E-state index contributed by atoms with van der Waals surface area (Å²) in [6, 6.07) is 8.15. The van der Waals surface area contributed by atoms with Gasteiger partial charge in [-0.1, -0.05) is 38.1 Å². The van der Waals surface area contributed by atoms with Crippen molar-refractivity contribution in [2.24, 2.45) is 22.0 Å². The Labute approximate surface area is 141 Å². The molecule has 126 valence electrons. The van der Waals surface area contributed by atoms with Gasteiger partial charge in [0, 0.05) is 17.3 Å². The van der Waals surface area contributed by atoms with Gasteiger partial charge in [0.05, 0.1) is 11.8 Å². The van der Waals surface area contributed by atoms with Gasteiger partial charge in [0.2, 0.25) is 11.8 Å². The summed E-state index contributed by atoms with van der Waals surface area (Å²) >= 11 is 0. The zero-order chi connectivity index (χ0) is 17.4. The Morgan fingerprint density at radius 2 is 1.25 bits per heavy atom. The molecule has 6 heteroatoms. The number of nitrogens with one attached hydrogen (secondary N) is 2. The van der Waals surface area contributed by atoms with Crippen molar-refractivity contribution in [1.29, 1.82) is 0 Å². The molecule has 0 spiro atoms. The molecule has 0 fully saturated rings. The van der Waals surface area contributed by atoms with Crippen molar-refractivity contribution < 1.29 is 9.59 Å². The van der Waals surface area contributed by atoms with Gasteiger partial charge >= 0.3 is 0 Å². The summed E-state index contributed by atoms with van der Waals surface area (Å²) in [5.74, 6) is -1.16. The van der Waals surface area contributed by atoms with Gasteiger partial charge < -0.3 is 0 Å². The number of hydrogen-bond donors (Lipinski definition) is 2. The minimum atomic E-state index is -0.464. The molecular weight excluding hydrogens is 304 g/mol. The molecule has 1 aromatic rings. The summed E-state index contributed by atoms with van der Waals surface area (Å²) in [4.78, 5) is 24.7. The number of nitrogens with zero attached hydrogens (tertiary/aromatic N) is 2. The minimum absolute atomic E-state index is 0.169. The Bertz CT molecular complexity index is 696. The van der Waals surface area contributed by atoms with E-state index in [0.29, 0.717) is 17.3 Å². The Morgan fingerprint density at radius 3 is 1.58 bits per heavy atom. The van der Waals surface area contributed by atoms with Gasteiger partial charge in [0.1, 0.15) is 0 Å². The number of hydrazone groups is 2. The first-order valence-corrected chi connectivity index (χ1v) is 8.18. The van der Waals surface area contributed by atoms with Gasteiger partial charge in [-0.15, -0.1) is 0 Å². The van der Waals surface area contributed by atoms with Gasteiger partial charge in [-0.2, -0.15) is 10.2 Å². The molecule has 0 saturated carbocycles. The summed E-state index contributed by atoms with van der Waals surface area (Å²) in [5.41, 5.74) is 8.63. The highest BCUT2D eigenvalue weighted by molar-refractivity contribution is 6.12. The number of carbonyl (C=O) groups is 2. The lowest BCUT2D eigenvalue weighted by atomic mass is 9.73. The van der Waals surface area contributed by atoms with Crippen molar-refractivity contribution in [3.05, 3.63) is 35.4 Å². The van der Waals surface area contributed by atoms with E-state index in [1.165, 1.54) is 5.56 Å². The predicted molar refractivity (Wildman–Crippen MR) is 92.8 cm³/mol. The standard InChI is InChI=1S/C18H22N4O2/c1-9(2)12-5-7-13(8-6-12)16(14-10(3)19-21-17(14)23)15-11(4)20-22-18(15)24/h5-9,14-16H,1-4H3,(H,21,23)(H,22,24). The van der Waals surface area contributed by atoms with Crippen LogP contribution in [-0.4, -0.2) is 23.2 Å². The second-order valence-electron chi connectivity index (χ2n) is 6.76. The first kappa shape index (κ1) is 16.4. The highest BCUT2D eigenvalue weighted by Gasteiger charge is 2.45. The molecule has 3 rings (SSSR count). The third-order valence-electron chi connectivity index (χ3n) is 4.86. The Morgan fingerprint density at radius 1 is 0.833 bits per heavy atom. The van der Waals surface area contributed by atoms with Crippen LogP contribution in [0.4, 0.5) is 0 Å². The van der Waals surface area contributed by atoms with E-state index < -0.39 is 11.8 Å². The Balaban J connectivity index is 2.05. The average Bonchev–Trinajstić information content (AvgIpc) is 3.05. The second-order valence-corrected chi connectivity index (χ2v) is 6.76. The van der Waals surface area contributed by atoms with Crippen molar-refractivity contribution in [3.8, 4) is 0 Å². The summed E-state index contributed by atoms with van der Waals surface area (Å²) in [5, 5.41) is 8.12. The molecule has 2 amide bonds. The zero-order valence-electron chi connectivity index (χ0n) is 14.3. The monoisotopic (exact) mass is 326 g/mol. The van der Waals surface area contributed by atoms with E-state index in [9.17, 15) is 9.59 Å². The smallest absolute Gasteiger partial charge is 0.249 e. The Hall–Kier alpha value is -2.50. The van der Waals surface area contributed by atoms with E-state index >= 15 is 0 Å². The number of benzene rings is 1. The maximum atomic E-state index is 12.3. The number of carbonyl (C=O) groups excluding carboxylic acids is 2. The van der Waals surface area contributed by atoms with Crippen LogP contribution in [0.25, 0.3) is 0 Å². The van der Waals surface area contributed by atoms with Crippen LogP contribution in [0.1, 0.15) is 50.7 Å². The Kier molecular flexibility index (Phi) is 4.22. The molecule has 2 unspecified atom stereocenters. The van der Waals surface area contributed by atoms with E-state index in [1.807, 2.05) is 26.0 Å². The fourth-order valence-electron chi connectivity index (χ4n) is 3.47. The van der Waals surface area contributed by atoms with Crippen LogP contribution < -0.4 is 10.9 Å². The minimum Gasteiger partial charge on any atom is -0.272 e. The van der Waals surface area contributed by atoms with Crippen molar-refractivity contribution in [3.63, 3.8) is 0 Å². The van der Waals surface area contributed by atoms with Gasteiger partial charge in [0.25, 0.3) is 0 Å². The quantitative estimate of drug-likeness (QED) is 0.888. The number of amides is 2. The molecule has 1 aromatic carbocycles. The average molecular weight is 326 g/mol. The second kappa shape index (κ2) is 6.19. The summed E-state index contributed by atoms with van der Waals surface area (Å²) < 4.78 is 0. The fourth-order valence-corrected chi connectivity index (χ4v) is 3.47. The molecular formula is C18H22N4O2. The molecule has 0 aromatic heterocycles. The van der Waals surface area contributed by atoms with Crippen LogP contribution in [0.5, 0.6) is 0 Å². The van der Waals surface area contributed by atoms with Crippen LogP contribution in [0, 0.1) is 11.8 Å². The van der Waals surface area contributed by atoms with Crippen LogP contribution in [0.15, 0.2) is 34.5 Å². The number of rotatable bonds is 4. The maximum Gasteiger partial charge on any atom is 0.249 e. The van der Waals surface area contributed by atoms with Crippen LogP contribution in [0.2, 0.25) is 0 Å². The van der Waals surface area contributed by atoms with Crippen molar-refractivity contribution in [2.75, 3.05) is 0 Å². The van der Waals surface area contributed by atoms with Crippen LogP contribution >= 0.6 is 0 Å². The largest absolute Gasteiger partial charge is 0.272 e. The lowest BCUT2D eigenvalue weighted by Crippen LogP contribution is -2.38. The van der Waals surface area contributed by atoms with Gasteiger partial charge in [-0.3, -0.25) is 9.59 Å².